The summed E-state index contributed by atoms with van der Waals surface area (Å²) >= 11 is 1.17. The first-order chi connectivity index (χ1) is 14.6. The Balaban J connectivity index is 2.07. The van der Waals surface area contributed by atoms with Crippen LogP contribution in [-0.2, 0) is 15.6 Å². The van der Waals surface area contributed by atoms with Gasteiger partial charge in [0.2, 0.25) is 15.0 Å². The number of ether oxygens (including phenoxy) is 1. The van der Waals surface area contributed by atoms with Crippen LogP contribution < -0.4 is 9.46 Å². The number of imidazole rings is 1. The highest BCUT2D eigenvalue weighted by molar-refractivity contribution is 7.89. The molecule has 3 rings (SSSR count). The van der Waals surface area contributed by atoms with Crippen molar-refractivity contribution in [2.24, 2.45) is 0 Å². The van der Waals surface area contributed by atoms with Crippen LogP contribution in [0.5, 0.6) is 5.75 Å². The molecule has 0 spiro atoms. The fourth-order valence-electron chi connectivity index (χ4n) is 2.84. The summed E-state index contributed by atoms with van der Waals surface area (Å²) in [6.07, 6.45) is -7.84. The van der Waals surface area contributed by atoms with Gasteiger partial charge in [-0.1, -0.05) is 11.3 Å². The molecule has 1 unspecified atom stereocenters. The minimum Gasteiger partial charge on any atom is -0.495 e. The van der Waals surface area contributed by atoms with Crippen molar-refractivity contribution in [1.29, 1.82) is 0 Å². The SMILES string of the molecule is COc1ccc(-c2c(C)nc3sc(C(C)(C)O)nn23)cc1S(=O)(=O)NCC(O)C(F)(F)F. The predicted octanol–water partition coefficient (Wildman–Crippen LogP) is 2.20. The van der Waals surface area contributed by atoms with Crippen molar-refractivity contribution in [2.75, 3.05) is 13.7 Å². The van der Waals surface area contributed by atoms with Crippen molar-refractivity contribution in [2.45, 2.75) is 43.5 Å². The lowest BCUT2D eigenvalue weighted by Gasteiger charge is -2.16. The Bertz CT molecular complexity index is 1250. The number of nitrogens with one attached hydrogen (secondary N) is 1. The van der Waals surface area contributed by atoms with E-state index in [9.17, 15) is 26.7 Å². The van der Waals surface area contributed by atoms with Crippen molar-refractivity contribution in [3.8, 4) is 17.0 Å². The van der Waals surface area contributed by atoms with Crippen molar-refractivity contribution in [3.63, 3.8) is 0 Å². The average Bonchev–Trinajstić information content (AvgIpc) is 3.21. The molecule has 0 saturated heterocycles. The van der Waals surface area contributed by atoms with Gasteiger partial charge in [-0.25, -0.2) is 22.6 Å². The second kappa shape index (κ2) is 8.26. The third-order valence-electron chi connectivity index (χ3n) is 4.47. The van der Waals surface area contributed by atoms with Crippen LogP contribution in [0.3, 0.4) is 0 Å². The van der Waals surface area contributed by atoms with E-state index in [0.717, 1.165) is 0 Å². The number of methoxy groups -OCH3 is 1. The van der Waals surface area contributed by atoms with E-state index >= 15 is 0 Å². The molecular formula is C18H21F3N4O5S2. The Morgan fingerprint density at radius 3 is 2.53 bits per heavy atom. The minimum atomic E-state index is -4.97. The van der Waals surface area contributed by atoms with E-state index in [1.807, 2.05) is 0 Å². The minimum absolute atomic E-state index is 0.100. The molecule has 2 heterocycles. The van der Waals surface area contributed by atoms with Crippen molar-refractivity contribution in [1.82, 2.24) is 19.3 Å². The van der Waals surface area contributed by atoms with Crippen molar-refractivity contribution in [3.05, 3.63) is 28.9 Å². The van der Waals surface area contributed by atoms with E-state index in [0.29, 0.717) is 26.9 Å². The number of sulfonamides is 1. The number of nitrogens with zero attached hydrogens (tertiary/aromatic N) is 3. The molecular weight excluding hydrogens is 473 g/mol. The van der Waals surface area contributed by atoms with Crippen LogP contribution in [0.15, 0.2) is 23.1 Å². The summed E-state index contributed by atoms with van der Waals surface area (Å²) in [5.74, 6) is -0.100. The van der Waals surface area contributed by atoms with Gasteiger partial charge in [0.1, 0.15) is 21.3 Å². The van der Waals surface area contributed by atoms with Gasteiger partial charge in [0.25, 0.3) is 0 Å². The highest BCUT2D eigenvalue weighted by atomic mass is 32.2. The lowest BCUT2D eigenvalue weighted by molar-refractivity contribution is -0.200. The summed E-state index contributed by atoms with van der Waals surface area (Å²) in [7, 11) is -3.26. The molecule has 0 radical (unpaired) electrons. The summed E-state index contributed by atoms with van der Waals surface area (Å²) in [5, 5.41) is 24.1. The van der Waals surface area contributed by atoms with Gasteiger partial charge in [-0.2, -0.15) is 18.3 Å². The van der Waals surface area contributed by atoms with Crippen LogP contribution >= 0.6 is 11.3 Å². The van der Waals surface area contributed by atoms with Gasteiger partial charge < -0.3 is 14.9 Å². The van der Waals surface area contributed by atoms with Crippen LogP contribution in [0, 0.1) is 6.92 Å². The number of hydrogen-bond acceptors (Lipinski definition) is 8. The number of aliphatic hydroxyl groups excluding tert-OH is 1. The van der Waals surface area contributed by atoms with Gasteiger partial charge in [-0.05, 0) is 39.0 Å². The van der Waals surface area contributed by atoms with E-state index in [2.05, 4.69) is 10.1 Å². The third-order valence-corrected chi connectivity index (χ3v) is 7.14. The molecule has 176 valence electrons. The number of hydrogen-bond donors (Lipinski definition) is 3. The standard InChI is InChI=1S/C18H21F3N4O5S2/c1-9-14(25-16(23-9)31-15(24-25)17(2,3)27)10-5-6-11(30-4)12(7-10)32(28,29)22-8-13(26)18(19,20)21/h5-7,13,22,26-27H,8H2,1-4H3. The summed E-state index contributed by atoms with van der Waals surface area (Å²) in [6, 6.07) is 4.13. The molecule has 3 aromatic rings. The van der Waals surface area contributed by atoms with E-state index in [-0.39, 0.29) is 5.75 Å². The van der Waals surface area contributed by atoms with Crippen LogP contribution in [-0.4, -0.2) is 59.2 Å². The Hall–Kier alpha value is -2.26. The monoisotopic (exact) mass is 494 g/mol. The van der Waals surface area contributed by atoms with Gasteiger partial charge in [-0.3, -0.25) is 0 Å². The second-order valence-corrected chi connectivity index (χ2v) is 10.2. The molecule has 0 aliphatic carbocycles. The topological polar surface area (TPSA) is 126 Å². The average molecular weight is 495 g/mol. The first kappa shape index (κ1) is 24.4. The lowest BCUT2D eigenvalue weighted by Crippen LogP contribution is -2.40. The molecule has 0 aliphatic heterocycles. The Labute approximate surface area is 185 Å². The second-order valence-electron chi connectivity index (χ2n) is 7.48. The zero-order chi connectivity index (χ0) is 24.1. The number of benzene rings is 1. The molecule has 0 amide bonds. The van der Waals surface area contributed by atoms with Crippen LogP contribution in [0.25, 0.3) is 16.2 Å². The molecule has 3 N–H and O–H groups in total. The van der Waals surface area contributed by atoms with E-state index in [1.165, 1.54) is 35.1 Å². The molecule has 0 bridgehead atoms. The molecule has 0 aliphatic rings. The summed E-state index contributed by atoms with van der Waals surface area (Å²) in [6.45, 7) is 3.57. The zero-order valence-electron chi connectivity index (χ0n) is 17.4. The molecule has 9 nitrogen and oxygen atoms in total. The number of halogens is 3. The van der Waals surface area contributed by atoms with Gasteiger partial charge in [0.05, 0.1) is 18.5 Å². The van der Waals surface area contributed by atoms with Gasteiger partial charge >= 0.3 is 6.18 Å². The van der Waals surface area contributed by atoms with Crippen molar-refractivity contribution >= 4 is 26.3 Å². The first-order valence-corrected chi connectivity index (χ1v) is 11.5. The largest absolute Gasteiger partial charge is 0.495 e. The summed E-state index contributed by atoms with van der Waals surface area (Å²) < 4.78 is 71.4. The smallest absolute Gasteiger partial charge is 0.415 e. The molecule has 2 aromatic heterocycles. The Morgan fingerprint density at radius 2 is 1.97 bits per heavy atom. The fourth-order valence-corrected chi connectivity index (χ4v) is 5.02. The molecule has 1 aromatic carbocycles. The Morgan fingerprint density at radius 1 is 1.31 bits per heavy atom. The number of alkyl halides is 3. The summed E-state index contributed by atoms with van der Waals surface area (Å²) in [4.78, 5) is 4.45. The third kappa shape index (κ3) is 4.73. The lowest BCUT2D eigenvalue weighted by atomic mass is 10.1. The molecule has 1 atom stereocenters. The number of fused-ring (bicyclic) bond motifs is 1. The van der Waals surface area contributed by atoms with Gasteiger partial charge in [-0.15, -0.1) is 0 Å². The normalized spacial score (nSPS) is 14.2. The van der Waals surface area contributed by atoms with Crippen molar-refractivity contribution < 1.29 is 36.5 Å². The number of aliphatic hydroxyl groups is 2. The number of aryl methyl sites for hydroxylation is 1. The Kier molecular flexibility index (Phi) is 6.30. The number of aromatic nitrogens is 3. The molecule has 0 saturated carbocycles. The van der Waals surface area contributed by atoms with E-state index in [4.69, 9.17) is 9.84 Å². The maximum Gasteiger partial charge on any atom is 0.415 e. The van der Waals surface area contributed by atoms with E-state index in [1.54, 1.807) is 31.6 Å². The fraction of sp³-hybridized carbons (Fsp3) is 0.444. The highest BCUT2D eigenvalue weighted by Crippen LogP contribution is 2.34. The quantitative estimate of drug-likeness (QED) is 0.460. The maximum atomic E-state index is 12.7. The van der Waals surface area contributed by atoms with Crippen LogP contribution in [0.4, 0.5) is 13.2 Å². The van der Waals surface area contributed by atoms with Crippen LogP contribution in [0.2, 0.25) is 0 Å². The first-order valence-electron chi connectivity index (χ1n) is 9.17. The predicted molar refractivity (Wildman–Crippen MR) is 110 cm³/mol. The van der Waals surface area contributed by atoms with E-state index < -0.39 is 39.3 Å². The highest BCUT2D eigenvalue weighted by Gasteiger charge is 2.39. The van der Waals surface area contributed by atoms with Gasteiger partial charge in [0.15, 0.2) is 6.10 Å². The van der Waals surface area contributed by atoms with Crippen LogP contribution in [0.1, 0.15) is 24.5 Å². The number of rotatable bonds is 7. The molecule has 32 heavy (non-hydrogen) atoms. The zero-order valence-corrected chi connectivity index (χ0v) is 19.1. The maximum absolute atomic E-state index is 12.7. The molecule has 14 heteroatoms. The molecule has 0 fully saturated rings. The summed E-state index contributed by atoms with van der Waals surface area (Å²) in [5.41, 5.74) is 0.120. The van der Waals surface area contributed by atoms with Gasteiger partial charge in [0, 0.05) is 12.1 Å².